The Labute approximate surface area is 164 Å². The van der Waals surface area contributed by atoms with Gasteiger partial charge in [-0.3, -0.25) is 9.59 Å². The van der Waals surface area contributed by atoms with E-state index in [-0.39, 0.29) is 18.4 Å². The molecule has 2 amide bonds. The molecule has 0 aliphatic heterocycles. The molecular weight excluding hydrogens is 352 g/mol. The van der Waals surface area contributed by atoms with E-state index in [0.29, 0.717) is 17.0 Å². The van der Waals surface area contributed by atoms with Crippen molar-refractivity contribution in [2.24, 2.45) is 0 Å². The lowest BCUT2D eigenvalue weighted by Gasteiger charge is -2.11. The molecule has 0 atom stereocenters. The van der Waals surface area contributed by atoms with Gasteiger partial charge in [-0.1, -0.05) is 42.5 Å². The van der Waals surface area contributed by atoms with Crippen molar-refractivity contribution >= 4 is 17.5 Å². The molecule has 5 nitrogen and oxygen atoms in total. The minimum atomic E-state index is -0.265. The van der Waals surface area contributed by atoms with Gasteiger partial charge in [0.15, 0.2) is 6.61 Å². The highest BCUT2D eigenvalue weighted by Crippen LogP contribution is 2.22. The van der Waals surface area contributed by atoms with Crippen LogP contribution in [-0.2, 0) is 4.79 Å². The first-order valence-electron chi connectivity index (χ1n) is 8.93. The van der Waals surface area contributed by atoms with Crippen molar-refractivity contribution in [3.8, 4) is 16.9 Å². The van der Waals surface area contributed by atoms with Gasteiger partial charge in [0, 0.05) is 25.3 Å². The van der Waals surface area contributed by atoms with Gasteiger partial charge in [0.2, 0.25) is 0 Å². The number of ether oxygens (including phenoxy) is 1. The van der Waals surface area contributed by atoms with Gasteiger partial charge in [0.05, 0.1) is 0 Å². The largest absolute Gasteiger partial charge is 0.484 e. The molecule has 0 bridgehead atoms. The Bertz CT molecular complexity index is 934. The van der Waals surface area contributed by atoms with E-state index in [0.717, 1.165) is 11.1 Å². The van der Waals surface area contributed by atoms with Crippen molar-refractivity contribution in [1.82, 2.24) is 4.90 Å². The second-order valence-corrected chi connectivity index (χ2v) is 6.50. The highest BCUT2D eigenvalue weighted by molar-refractivity contribution is 5.95. The fourth-order valence-electron chi connectivity index (χ4n) is 2.67. The molecule has 0 radical (unpaired) electrons. The first-order valence-corrected chi connectivity index (χ1v) is 8.93. The van der Waals surface area contributed by atoms with Crippen molar-refractivity contribution in [3.63, 3.8) is 0 Å². The van der Waals surface area contributed by atoms with Crippen LogP contribution in [0.15, 0.2) is 78.9 Å². The normalized spacial score (nSPS) is 10.2. The van der Waals surface area contributed by atoms with E-state index in [4.69, 9.17) is 4.74 Å². The summed E-state index contributed by atoms with van der Waals surface area (Å²) >= 11 is 0. The summed E-state index contributed by atoms with van der Waals surface area (Å²) in [4.78, 5) is 25.5. The molecule has 0 saturated carbocycles. The molecule has 3 rings (SSSR count). The number of hydrogen-bond acceptors (Lipinski definition) is 3. The number of benzene rings is 3. The van der Waals surface area contributed by atoms with Gasteiger partial charge >= 0.3 is 0 Å². The second kappa shape index (κ2) is 8.86. The molecule has 0 heterocycles. The van der Waals surface area contributed by atoms with Crippen molar-refractivity contribution in [3.05, 3.63) is 84.4 Å². The molecule has 0 aliphatic rings. The lowest BCUT2D eigenvalue weighted by Crippen LogP contribution is -2.22. The summed E-state index contributed by atoms with van der Waals surface area (Å²) in [7, 11) is 3.39. The predicted octanol–water partition coefficient (Wildman–Crippen LogP) is 4.07. The number of nitrogens with one attached hydrogen (secondary N) is 1. The Hall–Kier alpha value is -3.60. The smallest absolute Gasteiger partial charge is 0.262 e. The maximum atomic E-state index is 12.1. The van der Waals surface area contributed by atoms with Crippen LogP contribution < -0.4 is 10.1 Å². The number of carbonyl (C=O) groups excluding carboxylic acids is 2. The SMILES string of the molecule is CN(C)C(=O)c1ccc(NC(=O)COc2ccc(-c3ccccc3)cc2)cc1. The van der Waals surface area contributed by atoms with Gasteiger partial charge < -0.3 is 15.0 Å². The van der Waals surface area contributed by atoms with Gasteiger partial charge in [-0.05, 0) is 47.5 Å². The van der Waals surface area contributed by atoms with Crippen LogP contribution in [0.3, 0.4) is 0 Å². The third kappa shape index (κ3) is 4.98. The molecule has 0 unspecified atom stereocenters. The van der Waals surface area contributed by atoms with E-state index in [1.165, 1.54) is 4.90 Å². The van der Waals surface area contributed by atoms with Crippen LogP contribution in [0.25, 0.3) is 11.1 Å². The molecule has 0 aliphatic carbocycles. The van der Waals surface area contributed by atoms with Gasteiger partial charge in [-0.2, -0.15) is 0 Å². The van der Waals surface area contributed by atoms with Crippen LogP contribution in [-0.4, -0.2) is 37.4 Å². The van der Waals surface area contributed by atoms with Gasteiger partial charge in [0.1, 0.15) is 5.75 Å². The zero-order chi connectivity index (χ0) is 19.9. The average Bonchev–Trinajstić information content (AvgIpc) is 2.73. The number of hydrogen-bond donors (Lipinski definition) is 1. The summed E-state index contributed by atoms with van der Waals surface area (Å²) in [5.74, 6) is 0.278. The van der Waals surface area contributed by atoms with Crippen LogP contribution in [0.2, 0.25) is 0 Å². The molecule has 0 saturated heterocycles. The summed E-state index contributed by atoms with van der Waals surface area (Å²) in [5.41, 5.74) is 3.40. The van der Waals surface area contributed by atoms with E-state index in [1.807, 2.05) is 54.6 Å². The van der Waals surface area contributed by atoms with Crippen molar-refractivity contribution < 1.29 is 14.3 Å². The van der Waals surface area contributed by atoms with E-state index in [2.05, 4.69) is 5.32 Å². The van der Waals surface area contributed by atoms with Crippen molar-refractivity contribution in [2.45, 2.75) is 0 Å². The first-order chi connectivity index (χ1) is 13.5. The summed E-state index contributed by atoms with van der Waals surface area (Å²) in [6.07, 6.45) is 0. The molecular formula is C23H22N2O3. The van der Waals surface area contributed by atoms with E-state index in [9.17, 15) is 9.59 Å². The Morgan fingerprint density at radius 3 is 2.04 bits per heavy atom. The molecule has 142 valence electrons. The van der Waals surface area contributed by atoms with Gasteiger partial charge in [-0.15, -0.1) is 0 Å². The molecule has 1 N–H and O–H groups in total. The maximum absolute atomic E-state index is 12.1. The zero-order valence-electron chi connectivity index (χ0n) is 15.9. The average molecular weight is 374 g/mol. The summed E-state index contributed by atoms with van der Waals surface area (Å²) < 4.78 is 5.55. The van der Waals surface area contributed by atoms with Crippen molar-refractivity contribution in [2.75, 3.05) is 26.0 Å². The Kier molecular flexibility index (Phi) is 6.07. The number of nitrogens with zero attached hydrogens (tertiary/aromatic N) is 1. The van der Waals surface area contributed by atoms with Crippen LogP contribution in [0.1, 0.15) is 10.4 Å². The predicted molar refractivity (Wildman–Crippen MR) is 110 cm³/mol. The molecule has 0 fully saturated rings. The molecule has 3 aromatic carbocycles. The van der Waals surface area contributed by atoms with Gasteiger partial charge in [-0.25, -0.2) is 0 Å². The highest BCUT2D eigenvalue weighted by atomic mass is 16.5. The minimum Gasteiger partial charge on any atom is -0.484 e. The van der Waals surface area contributed by atoms with Crippen LogP contribution in [0.4, 0.5) is 5.69 Å². The van der Waals surface area contributed by atoms with Crippen molar-refractivity contribution in [1.29, 1.82) is 0 Å². The summed E-state index contributed by atoms with van der Waals surface area (Å²) in [6, 6.07) is 24.4. The fraction of sp³-hybridized carbons (Fsp3) is 0.130. The highest BCUT2D eigenvalue weighted by Gasteiger charge is 2.09. The molecule has 3 aromatic rings. The fourth-order valence-corrected chi connectivity index (χ4v) is 2.67. The van der Waals surface area contributed by atoms with Crippen LogP contribution in [0.5, 0.6) is 5.75 Å². The monoisotopic (exact) mass is 374 g/mol. The first kappa shape index (κ1) is 19.2. The Balaban J connectivity index is 1.52. The number of carbonyl (C=O) groups is 2. The Morgan fingerprint density at radius 2 is 1.43 bits per heavy atom. The second-order valence-electron chi connectivity index (χ2n) is 6.50. The third-order valence-corrected chi connectivity index (χ3v) is 4.15. The zero-order valence-corrected chi connectivity index (χ0v) is 15.9. The standard InChI is InChI=1S/C23H22N2O3/c1-25(2)23(27)19-8-12-20(13-9-19)24-22(26)16-28-21-14-10-18(11-15-21)17-6-4-3-5-7-17/h3-15H,16H2,1-2H3,(H,24,26). The van der Waals surface area contributed by atoms with Crippen LogP contribution >= 0.6 is 0 Å². The number of rotatable bonds is 6. The van der Waals surface area contributed by atoms with E-state index < -0.39 is 0 Å². The Morgan fingerprint density at radius 1 is 0.821 bits per heavy atom. The lowest BCUT2D eigenvalue weighted by molar-refractivity contribution is -0.118. The minimum absolute atomic E-state index is 0.0832. The molecule has 28 heavy (non-hydrogen) atoms. The molecule has 5 heteroatoms. The topological polar surface area (TPSA) is 58.6 Å². The van der Waals surface area contributed by atoms with E-state index in [1.54, 1.807) is 38.4 Å². The third-order valence-electron chi connectivity index (χ3n) is 4.15. The van der Waals surface area contributed by atoms with Crippen LogP contribution in [0, 0.1) is 0 Å². The summed E-state index contributed by atoms with van der Waals surface area (Å²) in [6.45, 7) is -0.0942. The quantitative estimate of drug-likeness (QED) is 0.707. The molecule has 0 aromatic heterocycles. The summed E-state index contributed by atoms with van der Waals surface area (Å²) in [5, 5.41) is 2.76. The molecule has 0 spiro atoms. The van der Waals surface area contributed by atoms with E-state index >= 15 is 0 Å². The lowest BCUT2D eigenvalue weighted by atomic mass is 10.1. The maximum Gasteiger partial charge on any atom is 0.262 e. The number of amides is 2. The van der Waals surface area contributed by atoms with Gasteiger partial charge in [0.25, 0.3) is 11.8 Å². The number of anilines is 1.